The second-order valence-electron chi connectivity index (χ2n) is 6.08. The molecule has 1 unspecified atom stereocenters. The molecule has 0 radical (unpaired) electrons. The van der Waals surface area contributed by atoms with Crippen LogP contribution in [0.25, 0.3) is 0 Å². The highest BCUT2D eigenvalue weighted by molar-refractivity contribution is 5.36. The van der Waals surface area contributed by atoms with E-state index in [9.17, 15) is 0 Å². The first kappa shape index (κ1) is 18.7. The fourth-order valence-corrected chi connectivity index (χ4v) is 2.67. The Balaban J connectivity index is 2.00. The van der Waals surface area contributed by atoms with E-state index >= 15 is 0 Å². The van der Waals surface area contributed by atoms with Crippen LogP contribution in [0.15, 0.2) is 24.9 Å². The third-order valence-electron chi connectivity index (χ3n) is 4.23. The molecule has 1 atom stereocenters. The van der Waals surface area contributed by atoms with Crippen LogP contribution >= 0.6 is 0 Å². The number of hydrogen-bond donors (Lipinski definition) is 0. The molecule has 0 bridgehead atoms. The summed E-state index contributed by atoms with van der Waals surface area (Å²) >= 11 is 0. The van der Waals surface area contributed by atoms with Gasteiger partial charge >= 0.3 is 6.01 Å². The van der Waals surface area contributed by atoms with Gasteiger partial charge in [-0.3, -0.25) is 4.90 Å². The summed E-state index contributed by atoms with van der Waals surface area (Å²) in [5, 5.41) is 0. The van der Waals surface area contributed by atoms with Gasteiger partial charge in [-0.05, 0) is 32.3 Å². The van der Waals surface area contributed by atoms with Crippen molar-refractivity contribution >= 4 is 5.82 Å². The molecule has 6 heteroatoms. The van der Waals surface area contributed by atoms with Gasteiger partial charge in [0.2, 0.25) is 0 Å². The molecule has 0 amide bonds. The lowest BCUT2D eigenvalue weighted by molar-refractivity contribution is 0.106. The molecule has 6 nitrogen and oxygen atoms in total. The van der Waals surface area contributed by atoms with Crippen molar-refractivity contribution in [1.82, 2.24) is 14.9 Å². The zero-order valence-electron chi connectivity index (χ0n) is 15.0. The van der Waals surface area contributed by atoms with Crippen LogP contribution in [0.5, 0.6) is 6.01 Å². The van der Waals surface area contributed by atoms with E-state index in [1.165, 1.54) is 0 Å². The Labute approximate surface area is 145 Å². The van der Waals surface area contributed by atoms with Gasteiger partial charge in [0.15, 0.2) is 0 Å². The Kier molecular flexibility index (Phi) is 7.98. The fraction of sp³-hybridized carbons (Fsp3) is 0.667. The maximum Gasteiger partial charge on any atom is 0.318 e. The standard InChI is InChI=1S/C18H30N4O2/c1-4-6-8-16(15-22-11-7-13-23-14-12-22)24-18-19-10-9-17(20-18)21(3)5-2/h4,9-10,16H,1,5-8,11-15H2,2-3H3. The van der Waals surface area contributed by atoms with E-state index in [2.05, 4.69) is 33.3 Å². The van der Waals surface area contributed by atoms with Gasteiger partial charge in [-0.25, -0.2) is 4.98 Å². The minimum absolute atomic E-state index is 0.0586. The Hall–Kier alpha value is -1.66. The Morgan fingerprint density at radius 3 is 3.12 bits per heavy atom. The lowest BCUT2D eigenvalue weighted by Gasteiger charge is -2.26. The van der Waals surface area contributed by atoms with Crippen molar-refractivity contribution in [2.45, 2.75) is 32.3 Å². The van der Waals surface area contributed by atoms with Crippen LogP contribution in [-0.2, 0) is 4.74 Å². The van der Waals surface area contributed by atoms with Gasteiger partial charge in [0.05, 0.1) is 6.61 Å². The molecule has 1 aliphatic heterocycles. The van der Waals surface area contributed by atoms with Crippen LogP contribution in [-0.4, -0.2) is 67.4 Å². The van der Waals surface area contributed by atoms with E-state index < -0.39 is 0 Å². The molecule has 0 aromatic carbocycles. The predicted molar refractivity (Wildman–Crippen MR) is 96.7 cm³/mol. The van der Waals surface area contributed by atoms with Gasteiger partial charge in [0, 0.05) is 46.0 Å². The Morgan fingerprint density at radius 1 is 1.46 bits per heavy atom. The Morgan fingerprint density at radius 2 is 2.33 bits per heavy atom. The molecular weight excluding hydrogens is 304 g/mol. The number of aromatic nitrogens is 2. The summed E-state index contributed by atoms with van der Waals surface area (Å²) in [6.07, 6.45) is 6.66. The molecule has 1 aliphatic rings. The quantitative estimate of drug-likeness (QED) is 0.646. The van der Waals surface area contributed by atoms with E-state index in [-0.39, 0.29) is 6.10 Å². The largest absolute Gasteiger partial charge is 0.459 e. The maximum absolute atomic E-state index is 6.12. The van der Waals surface area contributed by atoms with Crippen LogP contribution in [0.4, 0.5) is 5.82 Å². The number of ether oxygens (including phenoxy) is 2. The second-order valence-corrected chi connectivity index (χ2v) is 6.08. The molecule has 24 heavy (non-hydrogen) atoms. The molecule has 1 fully saturated rings. The summed E-state index contributed by atoms with van der Waals surface area (Å²) in [4.78, 5) is 13.3. The first-order valence-corrected chi connectivity index (χ1v) is 8.84. The summed E-state index contributed by atoms with van der Waals surface area (Å²) < 4.78 is 11.6. The normalized spacial score (nSPS) is 17.1. The highest BCUT2D eigenvalue weighted by Gasteiger charge is 2.18. The lowest BCUT2D eigenvalue weighted by atomic mass is 10.2. The first-order valence-electron chi connectivity index (χ1n) is 8.84. The fourth-order valence-electron chi connectivity index (χ4n) is 2.67. The topological polar surface area (TPSA) is 50.7 Å². The molecule has 134 valence electrons. The van der Waals surface area contributed by atoms with Crippen molar-refractivity contribution in [2.24, 2.45) is 0 Å². The van der Waals surface area contributed by atoms with Crippen molar-refractivity contribution in [1.29, 1.82) is 0 Å². The van der Waals surface area contributed by atoms with Crippen molar-refractivity contribution in [2.75, 3.05) is 51.3 Å². The zero-order valence-corrected chi connectivity index (χ0v) is 15.0. The summed E-state index contributed by atoms with van der Waals surface area (Å²) in [5.41, 5.74) is 0. The molecule has 2 rings (SSSR count). The van der Waals surface area contributed by atoms with Crippen molar-refractivity contribution < 1.29 is 9.47 Å². The lowest BCUT2D eigenvalue weighted by Crippen LogP contribution is -2.37. The van der Waals surface area contributed by atoms with Crippen LogP contribution in [0.1, 0.15) is 26.2 Å². The van der Waals surface area contributed by atoms with Crippen LogP contribution < -0.4 is 9.64 Å². The molecule has 0 N–H and O–H groups in total. The molecule has 2 heterocycles. The van der Waals surface area contributed by atoms with Crippen LogP contribution in [0, 0.1) is 0 Å². The van der Waals surface area contributed by atoms with Gasteiger partial charge in [0.25, 0.3) is 0 Å². The number of anilines is 1. The van der Waals surface area contributed by atoms with Crippen LogP contribution in [0.3, 0.4) is 0 Å². The number of rotatable bonds is 9. The summed E-state index contributed by atoms with van der Waals surface area (Å²) in [6, 6.07) is 2.36. The molecule has 1 aromatic heterocycles. The monoisotopic (exact) mass is 334 g/mol. The minimum atomic E-state index is 0.0586. The summed E-state index contributed by atoms with van der Waals surface area (Å²) in [7, 11) is 2.01. The molecular formula is C18H30N4O2. The van der Waals surface area contributed by atoms with E-state index in [4.69, 9.17) is 9.47 Å². The van der Waals surface area contributed by atoms with Gasteiger partial charge in [0.1, 0.15) is 11.9 Å². The third kappa shape index (κ3) is 6.09. The maximum atomic E-state index is 6.12. The van der Waals surface area contributed by atoms with E-state index in [1.807, 2.05) is 19.2 Å². The summed E-state index contributed by atoms with van der Waals surface area (Å²) in [5.74, 6) is 0.883. The van der Waals surface area contributed by atoms with Gasteiger partial charge < -0.3 is 14.4 Å². The number of allylic oxidation sites excluding steroid dienone is 1. The number of hydrogen-bond acceptors (Lipinski definition) is 6. The van der Waals surface area contributed by atoms with Crippen molar-refractivity contribution in [3.05, 3.63) is 24.9 Å². The molecule has 0 saturated carbocycles. The molecule has 0 spiro atoms. The molecule has 1 saturated heterocycles. The van der Waals surface area contributed by atoms with Gasteiger partial charge in [-0.1, -0.05) is 6.08 Å². The van der Waals surface area contributed by atoms with Gasteiger partial charge in [-0.15, -0.1) is 6.58 Å². The molecule has 0 aliphatic carbocycles. The van der Waals surface area contributed by atoms with E-state index in [0.717, 1.165) is 64.5 Å². The second kappa shape index (κ2) is 10.3. The number of nitrogens with zero attached hydrogens (tertiary/aromatic N) is 4. The van der Waals surface area contributed by atoms with E-state index in [0.29, 0.717) is 6.01 Å². The van der Waals surface area contributed by atoms with Crippen molar-refractivity contribution in [3.63, 3.8) is 0 Å². The summed E-state index contributed by atoms with van der Waals surface area (Å²) in [6.45, 7) is 11.3. The predicted octanol–water partition coefficient (Wildman–Crippen LogP) is 2.37. The SMILES string of the molecule is C=CCCC(CN1CCCOCC1)Oc1nccc(N(C)CC)n1. The van der Waals surface area contributed by atoms with E-state index in [1.54, 1.807) is 6.20 Å². The average Bonchev–Trinajstić information content (AvgIpc) is 2.88. The molecule has 1 aromatic rings. The minimum Gasteiger partial charge on any atom is -0.459 e. The highest BCUT2D eigenvalue weighted by Crippen LogP contribution is 2.15. The van der Waals surface area contributed by atoms with Crippen LogP contribution in [0.2, 0.25) is 0 Å². The van der Waals surface area contributed by atoms with Crippen molar-refractivity contribution in [3.8, 4) is 6.01 Å². The first-order chi connectivity index (χ1) is 11.7. The average molecular weight is 334 g/mol. The smallest absolute Gasteiger partial charge is 0.318 e. The Bertz CT molecular complexity index is 490. The third-order valence-corrected chi connectivity index (χ3v) is 4.23. The highest BCUT2D eigenvalue weighted by atomic mass is 16.5. The zero-order chi connectivity index (χ0) is 17.2. The van der Waals surface area contributed by atoms with Gasteiger partial charge in [-0.2, -0.15) is 4.98 Å².